The van der Waals surface area contributed by atoms with Gasteiger partial charge in [0, 0.05) is 43.0 Å². The fraction of sp³-hybridized carbons (Fsp3) is 0.0800. The maximum absolute atomic E-state index is 16.5. The molecule has 1 aliphatic rings. The van der Waals surface area contributed by atoms with Crippen LogP contribution in [0, 0.1) is 0 Å². The maximum Gasteiger partial charge on any atom is 0.352 e. The number of carbonyl (C=O) groups is 4. The zero-order valence-electron chi connectivity index (χ0n) is 33.5. The molecule has 0 spiro atoms. The third-order valence-electron chi connectivity index (χ3n) is 10.4. The molecule has 10 nitrogen and oxygen atoms in total. The second-order valence-electron chi connectivity index (χ2n) is 14.3. The molecule has 0 unspecified atom stereocenters. The highest BCUT2D eigenvalue weighted by molar-refractivity contribution is 7.86. The van der Waals surface area contributed by atoms with E-state index < -0.39 is 50.4 Å². The smallest absolute Gasteiger partial charge is 0.352 e. The van der Waals surface area contributed by atoms with Gasteiger partial charge in [0.25, 0.3) is 0 Å². The monoisotopic (exact) mass is 860 g/mol. The zero-order chi connectivity index (χ0) is 43.4. The van der Waals surface area contributed by atoms with Crippen LogP contribution in [-0.4, -0.2) is 36.1 Å². The Morgan fingerprint density at radius 3 is 0.968 bits per heavy atom. The molecular weight excluding hydrogens is 822 g/mol. The summed E-state index contributed by atoms with van der Waals surface area (Å²) in [6.07, 6.45) is -3.09. The predicted octanol–water partition coefficient (Wildman–Crippen LogP) is 7.25. The molecule has 12 heteroatoms. The van der Waals surface area contributed by atoms with Crippen molar-refractivity contribution in [1.82, 2.24) is 0 Å². The minimum absolute atomic E-state index is 0.0167. The standard InChI is InChI=1S/C50H38O10P2/c1-33-47(51)59-41-29-17-31-43(61(55,35-19-7-3-8-20-35)36-21-9-4-10-22-36)45(41)46-42(60-48(52)34(2)58-50(54)40-28-16-15-27-39(40)49(53)57-33)30-18-32-44(46)62(56,37-23-11-5-12-24-37)38-25-13-6-14-26-38/h3-34H,1-2H3/t33-,34-/m0/s1. The van der Waals surface area contributed by atoms with Crippen LogP contribution >= 0.6 is 14.3 Å². The molecule has 0 aromatic heterocycles. The van der Waals surface area contributed by atoms with Crippen LogP contribution < -0.4 is 41.3 Å². The fourth-order valence-electron chi connectivity index (χ4n) is 7.41. The van der Waals surface area contributed by atoms with Crippen LogP contribution in [0.3, 0.4) is 0 Å². The summed E-state index contributed by atoms with van der Waals surface area (Å²) < 4.78 is 56.5. The van der Waals surface area contributed by atoms with E-state index in [1.165, 1.54) is 50.2 Å². The molecule has 0 N–H and O–H groups in total. The van der Waals surface area contributed by atoms with E-state index in [0.29, 0.717) is 21.2 Å². The van der Waals surface area contributed by atoms with Crippen LogP contribution in [0.1, 0.15) is 34.6 Å². The highest BCUT2D eigenvalue weighted by Crippen LogP contribution is 2.53. The second-order valence-corrected chi connectivity index (χ2v) is 19.8. The number of rotatable bonds is 6. The average Bonchev–Trinajstić information content (AvgIpc) is 3.31. The molecule has 0 aliphatic carbocycles. The number of hydrogen-bond donors (Lipinski definition) is 0. The Kier molecular flexibility index (Phi) is 11.7. The van der Waals surface area contributed by atoms with Crippen molar-refractivity contribution in [1.29, 1.82) is 0 Å². The molecule has 7 aromatic rings. The van der Waals surface area contributed by atoms with E-state index >= 15 is 9.13 Å². The molecule has 0 bridgehead atoms. The summed E-state index contributed by atoms with van der Waals surface area (Å²) in [5.41, 5.74) is -0.399. The largest absolute Gasteiger partial charge is 0.447 e. The van der Waals surface area contributed by atoms with Gasteiger partial charge in [0.1, 0.15) is 11.5 Å². The molecule has 62 heavy (non-hydrogen) atoms. The van der Waals surface area contributed by atoms with Crippen molar-refractivity contribution in [3.63, 3.8) is 0 Å². The molecule has 1 aliphatic heterocycles. The Balaban J connectivity index is 1.49. The lowest BCUT2D eigenvalue weighted by atomic mass is 10.0. The predicted molar refractivity (Wildman–Crippen MR) is 238 cm³/mol. The normalized spacial score (nSPS) is 16.0. The molecular formula is C50H38O10P2. The van der Waals surface area contributed by atoms with Gasteiger partial charge in [0.2, 0.25) is 0 Å². The molecule has 0 saturated carbocycles. The number of carbonyl (C=O) groups excluding carboxylic acids is 4. The van der Waals surface area contributed by atoms with Crippen LogP contribution in [0.5, 0.6) is 11.5 Å². The highest BCUT2D eigenvalue weighted by Gasteiger charge is 2.41. The number of fused-ring (bicyclic) bond motifs is 4. The summed E-state index contributed by atoms with van der Waals surface area (Å²) in [7, 11) is -8.02. The van der Waals surface area contributed by atoms with Crippen molar-refractivity contribution < 1.29 is 47.3 Å². The first kappa shape index (κ1) is 41.6. The van der Waals surface area contributed by atoms with Crippen molar-refractivity contribution in [2.24, 2.45) is 0 Å². The molecule has 2 atom stereocenters. The van der Waals surface area contributed by atoms with E-state index in [4.69, 9.17) is 18.9 Å². The lowest BCUT2D eigenvalue weighted by Crippen LogP contribution is -2.33. The van der Waals surface area contributed by atoms with Crippen molar-refractivity contribution >= 4 is 70.0 Å². The first-order chi connectivity index (χ1) is 30.0. The summed E-state index contributed by atoms with van der Waals surface area (Å²) in [6, 6.07) is 50.1. The Labute approximate surface area is 357 Å². The summed E-state index contributed by atoms with van der Waals surface area (Å²) in [4.78, 5) is 55.6. The van der Waals surface area contributed by atoms with Gasteiger partial charge >= 0.3 is 23.9 Å². The van der Waals surface area contributed by atoms with E-state index in [-0.39, 0.29) is 44.4 Å². The average molecular weight is 861 g/mol. The van der Waals surface area contributed by atoms with Crippen molar-refractivity contribution in [3.05, 3.63) is 193 Å². The summed E-state index contributed by atoms with van der Waals surface area (Å²) in [5.74, 6) is -4.45. The molecule has 7 aromatic carbocycles. The third kappa shape index (κ3) is 7.71. The van der Waals surface area contributed by atoms with Crippen molar-refractivity contribution in [2.75, 3.05) is 0 Å². The van der Waals surface area contributed by atoms with Gasteiger partial charge in [-0.15, -0.1) is 0 Å². The Bertz CT molecular complexity index is 2630. The van der Waals surface area contributed by atoms with Gasteiger partial charge < -0.3 is 28.1 Å². The van der Waals surface area contributed by atoms with Crippen LogP contribution in [0.25, 0.3) is 11.1 Å². The van der Waals surface area contributed by atoms with Crippen LogP contribution in [0.15, 0.2) is 182 Å². The number of hydrogen-bond acceptors (Lipinski definition) is 10. The van der Waals surface area contributed by atoms with Crippen molar-refractivity contribution in [3.8, 4) is 22.6 Å². The Morgan fingerprint density at radius 1 is 0.371 bits per heavy atom. The zero-order valence-corrected chi connectivity index (χ0v) is 35.2. The van der Waals surface area contributed by atoms with Gasteiger partial charge in [-0.2, -0.15) is 0 Å². The Morgan fingerprint density at radius 2 is 0.661 bits per heavy atom. The minimum atomic E-state index is -4.01. The fourth-order valence-corrected chi connectivity index (χ4v) is 13.2. The number of cyclic esters (lactones) is 2. The molecule has 308 valence electrons. The lowest BCUT2D eigenvalue weighted by Gasteiger charge is -2.29. The molecule has 0 amide bonds. The molecule has 1 heterocycles. The number of benzene rings is 7. The summed E-state index contributed by atoms with van der Waals surface area (Å²) in [6.45, 7) is 2.63. The van der Waals surface area contributed by atoms with E-state index in [9.17, 15) is 19.2 Å². The highest BCUT2D eigenvalue weighted by atomic mass is 31.2. The van der Waals surface area contributed by atoms with Gasteiger partial charge in [0.15, 0.2) is 26.5 Å². The van der Waals surface area contributed by atoms with E-state index in [2.05, 4.69) is 0 Å². The quantitative estimate of drug-likeness (QED) is 0.0955. The Hall–Kier alpha value is -7.12. The number of ether oxygens (including phenoxy) is 4. The molecule has 0 radical (unpaired) electrons. The summed E-state index contributed by atoms with van der Waals surface area (Å²) >= 11 is 0. The van der Waals surface area contributed by atoms with Crippen LogP contribution in [0.4, 0.5) is 0 Å². The van der Waals surface area contributed by atoms with Gasteiger partial charge in [-0.1, -0.05) is 146 Å². The summed E-state index contributed by atoms with van der Waals surface area (Å²) in [5, 5.41) is 1.98. The van der Waals surface area contributed by atoms with E-state index in [1.54, 1.807) is 146 Å². The van der Waals surface area contributed by atoms with Gasteiger partial charge in [-0.05, 0) is 50.2 Å². The number of esters is 4. The first-order valence-corrected chi connectivity index (χ1v) is 23.1. The maximum atomic E-state index is 16.5. The topological polar surface area (TPSA) is 139 Å². The molecule has 0 saturated heterocycles. The van der Waals surface area contributed by atoms with Crippen LogP contribution in [-0.2, 0) is 28.2 Å². The minimum Gasteiger partial charge on any atom is -0.447 e. The SMILES string of the molecule is C[C@@H]1OC(=O)c2ccccc2C(=O)O[C@@H](C)C(=O)Oc2cccc(P(=O)(c3ccccc3)c3ccccc3)c2-c2c(cccc2P(=O)(c2ccccc2)c2ccccc2)OC1=O. The molecule has 0 fully saturated rings. The van der Waals surface area contributed by atoms with Gasteiger partial charge in [-0.25, -0.2) is 19.2 Å². The van der Waals surface area contributed by atoms with E-state index in [0.717, 1.165) is 0 Å². The van der Waals surface area contributed by atoms with Crippen LogP contribution in [0.2, 0.25) is 0 Å². The van der Waals surface area contributed by atoms with Gasteiger partial charge in [0.05, 0.1) is 11.1 Å². The first-order valence-electron chi connectivity index (χ1n) is 19.7. The lowest BCUT2D eigenvalue weighted by molar-refractivity contribution is -0.144. The van der Waals surface area contributed by atoms with Gasteiger partial charge in [-0.3, -0.25) is 0 Å². The molecule has 8 rings (SSSR count). The third-order valence-corrected chi connectivity index (χ3v) is 16.6. The van der Waals surface area contributed by atoms with E-state index in [1.807, 2.05) is 0 Å². The van der Waals surface area contributed by atoms with Crippen molar-refractivity contribution in [2.45, 2.75) is 26.1 Å². The second kappa shape index (κ2) is 17.5.